The fourth-order valence-corrected chi connectivity index (χ4v) is 2.20. The lowest BCUT2D eigenvalue weighted by atomic mass is 10.1. The molecule has 1 amide bonds. The molecular formula is C16H20ClN3O. The van der Waals surface area contributed by atoms with Crippen molar-refractivity contribution in [1.29, 1.82) is 0 Å². The van der Waals surface area contributed by atoms with E-state index in [1.807, 2.05) is 37.3 Å². The van der Waals surface area contributed by atoms with Crippen LogP contribution in [0.2, 0.25) is 5.02 Å². The molecule has 1 N–H and O–H groups in total. The van der Waals surface area contributed by atoms with Gasteiger partial charge >= 0.3 is 0 Å². The monoisotopic (exact) mass is 305 g/mol. The first kappa shape index (κ1) is 15.6. The molecule has 0 atom stereocenters. The van der Waals surface area contributed by atoms with Crippen LogP contribution in [-0.4, -0.2) is 15.7 Å². The van der Waals surface area contributed by atoms with Crippen molar-refractivity contribution in [2.24, 2.45) is 5.92 Å². The van der Waals surface area contributed by atoms with Gasteiger partial charge in [0.2, 0.25) is 5.91 Å². The van der Waals surface area contributed by atoms with Crippen molar-refractivity contribution < 1.29 is 4.79 Å². The van der Waals surface area contributed by atoms with E-state index in [1.54, 1.807) is 4.68 Å². The van der Waals surface area contributed by atoms with Crippen molar-refractivity contribution in [2.75, 3.05) is 5.32 Å². The second-order valence-corrected chi connectivity index (χ2v) is 5.98. The smallest absolute Gasteiger partial charge is 0.225 e. The molecule has 2 aromatic rings. The molecule has 0 aliphatic rings. The Morgan fingerprint density at radius 3 is 2.81 bits per heavy atom. The average molecular weight is 306 g/mol. The van der Waals surface area contributed by atoms with Gasteiger partial charge in [-0.3, -0.25) is 4.79 Å². The standard InChI is InChI=1S/C16H20ClN3O/c1-11(2)7-8-16(21)18-15-9-12(3)19-20(15)14-6-4-5-13(17)10-14/h4-6,9-11H,7-8H2,1-3H3,(H,18,21). The quantitative estimate of drug-likeness (QED) is 0.899. The van der Waals surface area contributed by atoms with Crippen LogP contribution >= 0.6 is 11.6 Å². The highest BCUT2D eigenvalue weighted by Crippen LogP contribution is 2.20. The zero-order valence-electron chi connectivity index (χ0n) is 12.6. The Labute approximate surface area is 130 Å². The average Bonchev–Trinajstić information content (AvgIpc) is 2.77. The SMILES string of the molecule is Cc1cc(NC(=O)CCC(C)C)n(-c2cccc(Cl)c2)n1. The fourth-order valence-electron chi connectivity index (χ4n) is 2.02. The Morgan fingerprint density at radius 2 is 2.14 bits per heavy atom. The van der Waals surface area contributed by atoms with E-state index >= 15 is 0 Å². The molecule has 0 bridgehead atoms. The molecule has 0 unspecified atom stereocenters. The predicted molar refractivity (Wildman–Crippen MR) is 86.0 cm³/mol. The van der Waals surface area contributed by atoms with Crippen molar-refractivity contribution in [2.45, 2.75) is 33.6 Å². The molecule has 4 nitrogen and oxygen atoms in total. The highest BCUT2D eigenvalue weighted by atomic mass is 35.5. The minimum Gasteiger partial charge on any atom is -0.311 e. The zero-order valence-corrected chi connectivity index (χ0v) is 13.3. The number of benzene rings is 1. The van der Waals surface area contributed by atoms with Crippen molar-refractivity contribution >= 4 is 23.3 Å². The van der Waals surface area contributed by atoms with Crippen LogP contribution in [0.1, 0.15) is 32.4 Å². The molecule has 0 aliphatic carbocycles. The number of hydrogen-bond donors (Lipinski definition) is 1. The molecule has 2 rings (SSSR count). The van der Waals surface area contributed by atoms with Gasteiger partial charge < -0.3 is 5.32 Å². The van der Waals surface area contributed by atoms with Crippen LogP contribution in [0.5, 0.6) is 0 Å². The van der Waals surface area contributed by atoms with Crippen LogP contribution in [0, 0.1) is 12.8 Å². The normalized spacial score (nSPS) is 10.9. The van der Waals surface area contributed by atoms with E-state index in [-0.39, 0.29) is 5.91 Å². The Kier molecular flexibility index (Phi) is 5.02. The van der Waals surface area contributed by atoms with Crippen molar-refractivity contribution in [3.63, 3.8) is 0 Å². The predicted octanol–water partition coefficient (Wildman–Crippen LogP) is 4.21. The fraction of sp³-hybridized carbons (Fsp3) is 0.375. The molecule has 1 aromatic carbocycles. The summed E-state index contributed by atoms with van der Waals surface area (Å²) in [5.74, 6) is 1.19. The van der Waals surface area contributed by atoms with Gasteiger partial charge in [-0.2, -0.15) is 5.10 Å². The molecule has 0 saturated heterocycles. The number of nitrogens with one attached hydrogen (secondary N) is 1. The number of amides is 1. The Balaban J connectivity index is 2.19. The van der Waals surface area contributed by atoms with Gasteiger partial charge in [0.25, 0.3) is 0 Å². The lowest BCUT2D eigenvalue weighted by Crippen LogP contribution is -2.15. The second kappa shape index (κ2) is 6.76. The van der Waals surface area contributed by atoms with Crippen molar-refractivity contribution in [3.8, 4) is 5.69 Å². The molecule has 1 aromatic heterocycles. The summed E-state index contributed by atoms with van der Waals surface area (Å²) in [5.41, 5.74) is 1.67. The number of halogens is 1. The number of carbonyl (C=O) groups excluding carboxylic acids is 1. The molecule has 0 radical (unpaired) electrons. The van der Waals surface area contributed by atoms with Gasteiger partial charge in [-0.05, 0) is 37.5 Å². The van der Waals surface area contributed by atoms with Gasteiger partial charge in [-0.1, -0.05) is 31.5 Å². The molecule has 0 aliphatic heterocycles. The Bertz CT molecular complexity index is 634. The minimum atomic E-state index is 0.00637. The number of rotatable bonds is 5. The minimum absolute atomic E-state index is 0.00637. The van der Waals surface area contributed by atoms with Crippen LogP contribution in [0.15, 0.2) is 30.3 Å². The van der Waals surface area contributed by atoms with Gasteiger partial charge in [-0.25, -0.2) is 4.68 Å². The summed E-state index contributed by atoms with van der Waals surface area (Å²) in [4.78, 5) is 12.0. The first-order valence-electron chi connectivity index (χ1n) is 7.08. The third kappa shape index (κ3) is 4.33. The molecule has 1 heterocycles. The van der Waals surface area contributed by atoms with E-state index in [2.05, 4.69) is 24.3 Å². The summed E-state index contributed by atoms with van der Waals surface area (Å²) in [5, 5.41) is 7.97. The number of anilines is 1. The first-order chi connectivity index (χ1) is 9.95. The van der Waals surface area contributed by atoms with E-state index in [9.17, 15) is 4.79 Å². The highest BCUT2D eigenvalue weighted by molar-refractivity contribution is 6.30. The Hall–Kier alpha value is -1.81. The van der Waals surface area contributed by atoms with E-state index < -0.39 is 0 Å². The maximum absolute atomic E-state index is 12.0. The van der Waals surface area contributed by atoms with Crippen LogP contribution in [0.3, 0.4) is 0 Å². The van der Waals surface area contributed by atoms with Crippen molar-refractivity contribution in [1.82, 2.24) is 9.78 Å². The van der Waals surface area contributed by atoms with Crippen LogP contribution in [0.25, 0.3) is 5.69 Å². The molecule has 0 saturated carbocycles. The summed E-state index contributed by atoms with van der Waals surface area (Å²) in [6.45, 7) is 6.10. The van der Waals surface area contributed by atoms with E-state index in [0.29, 0.717) is 23.2 Å². The second-order valence-electron chi connectivity index (χ2n) is 5.54. The maximum Gasteiger partial charge on any atom is 0.225 e. The molecule has 21 heavy (non-hydrogen) atoms. The number of nitrogens with zero attached hydrogens (tertiary/aromatic N) is 2. The summed E-state index contributed by atoms with van der Waals surface area (Å²) >= 11 is 6.02. The number of hydrogen-bond acceptors (Lipinski definition) is 2. The van der Waals surface area contributed by atoms with E-state index in [0.717, 1.165) is 17.8 Å². The number of carbonyl (C=O) groups is 1. The topological polar surface area (TPSA) is 46.9 Å². The van der Waals surface area contributed by atoms with Gasteiger partial charge in [0.15, 0.2) is 0 Å². The lowest BCUT2D eigenvalue weighted by molar-refractivity contribution is -0.116. The third-order valence-corrected chi connectivity index (χ3v) is 3.34. The maximum atomic E-state index is 12.0. The Morgan fingerprint density at radius 1 is 1.38 bits per heavy atom. The summed E-state index contributed by atoms with van der Waals surface area (Å²) in [7, 11) is 0. The molecule has 5 heteroatoms. The summed E-state index contributed by atoms with van der Waals surface area (Å²) in [6, 6.07) is 9.25. The zero-order chi connectivity index (χ0) is 15.4. The molecular weight excluding hydrogens is 286 g/mol. The van der Waals surface area contributed by atoms with Crippen LogP contribution < -0.4 is 5.32 Å². The lowest BCUT2D eigenvalue weighted by Gasteiger charge is -2.10. The van der Waals surface area contributed by atoms with Gasteiger partial charge in [-0.15, -0.1) is 0 Å². The van der Waals surface area contributed by atoms with E-state index in [4.69, 9.17) is 11.6 Å². The van der Waals surface area contributed by atoms with Crippen molar-refractivity contribution in [3.05, 3.63) is 41.0 Å². The largest absolute Gasteiger partial charge is 0.311 e. The summed E-state index contributed by atoms with van der Waals surface area (Å²) < 4.78 is 1.70. The molecule has 112 valence electrons. The van der Waals surface area contributed by atoms with Gasteiger partial charge in [0.1, 0.15) is 5.82 Å². The number of aryl methyl sites for hydroxylation is 1. The van der Waals surface area contributed by atoms with Gasteiger partial charge in [0, 0.05) is 17.5 Å². The van der Waals surface area contributed by atoms with Crippen LogP contribution in [-0.2, 0) is 4.79 Å². The summed E-state index contributed by atoms with van der Waals surface area (Å²) in [6.07, 6.45) is 1.38. The third-order valence-electron chi connectivity index (χ3n) is 3.10. The molecule has 0 spiro atoms. The number of aromatic nitrogens is 2. The van der Waals surface area contributed by atoms with Crippen LogP contribution in [0.4, 0.5) is 5.82 Å². The van der Waals surface area contributed by atoms with Gasteiger partial charge in [0.05, 0.1) is 11.4 Å². The molecule has 0 fully saturated rings. The van der Waals surface area contributed by atoms with E-state index in [1.165, 1.54) is 0 Å². The highest BCUT2D eigenvalue weighted by Gasteiger charge is 2.11. The first-order valence-corrected chi connectivity index (χ1v) is 7.46.